The van der Waals surface area contributed by atoms with E-state index in [-0.39, 0.29) is 12.5 Å². The SMILES string of the molecule is COc1ccc(C(=O)N2CCCN(CC(=O)O)CC2)cn1. The number of carbonyl (C=O) groups is 2. The highest BCUT2D eigenvalue weighted by molar-refractivity contribution is 5.94. The number of nitrogens with zero attached hydrogens (tertiary/aromatic N) is 3. The largest absolute Gasteiger partial charge is 0.481 e. The number of aliphatic carboxylic acids is 1. The van der Waals surface area contributed by atoms with E-state index in [1.807, 2.05) is 4.90 Å². The molecular formula is C14H19N3O4. The van der Waals surface area contributed by atoms with E-state index in [0.717, 1.165) is 6.42 Å². The Kier molecular flexibility index (Phi) is 5.10. The molecule has 1 aliphatic rings. The maximum Gasteiger partial charge on any atom is 0.317 e. The highest BCUT2D eigenvalue weighted by Crippen LogP contribution is 2.11. The smallest absolute Gasteiger partial charge is 0.317 e. The number of pyridine rings is 1. The third kappa shape index (κ3) is 4.16. The van der Waals surface area contributed by atoms with Gasteiger partial charge in [-0.15, -0.1) is 0 Å². The van der Waals surface area contributed by atoms with Crippen molar-refractivity contribution in [2.45, 2.75) is 6.42 Å². The van der Waals surface area contributed by atoms with E-state index >= 15 is 0 Å². The number of carboxylic acid groups (broad SMARTS) is 1. The third-order valence-corrected chi connectivity index (χ3v) is 3.43. The topological polar surface area (TPSA) is 83.0 Å². The van der Waals surface area contributed by atoms with E-state index in [4.69, 9.17) is 9.84 Å². The molecule has 0 radical (unpaired) electrons. The highest BCUT2D eigenvalue weighted by Gasteiger charge is 2.21. The molecule has 2 heterocycles. The van der Waals surface area contributed by atoms with Crippen LogP contribution in [-0.2, 0) is 4.79 Å². The van der Waals surface area contributed by atoms with Crippen LogP contribution < -0.4 is 4.74 Å². The first-order chi connectivity index (χ1) is 10.1. The molecule has 0 unspecified atom stereocenters. The zero-order chi connectivity index (χ0) is 15.2. The third-order valence-electron chi connectivity index (χ3n) is 3.43. The Labute approximate surface area is 123 Å². The minimum atomic E-state index is -0.839. The summed E-state index contributed by atoms with van der Waals surface area (Å²) in [6.45, 7) is 2.43. The Morgan fingerprint density at radius 3 is 2.71 bits per heavy atom. The Bertz CT molecular complexity index is 503. The van der Waals surface area contributed by atoms with Crippen molar-refractivity contribution in [1.29, 1.82) is 0 Å². The second-order valence-electron chi connectivity index (χ2n) is 4.90. The molecule has 1 saturated heterocycles. The van der Waals surface area contributed by atoms with Gasteiger partial charge in [-0.3, -0.25) is 14.5 Å². The lowest BCUT2D eigenvalue weighted by Crippen LogP contribution is -2.36. The fraction of sp³-hybridized carbons (Fsp3) is 0.500. The molecule has 114 valence electrons. The number of hydrogen-bond acceptors (Lipinski definition) is 5. The van der Waals surface area contributed by atoms with Crippen molar-refractivity contribution >= 4 is 11.9 Å². The summed E-state index contributed by atoms with van der Waals surface area (Å²) in [5.41, 5.74) is 0.516. The zero-order valence-corrected chi connectivity index (χ0v) is 12.0. The fourth-order valence-electron chi connectivity index (χ4n) is 2.33. The molecule has 0 bridgehead atoms. The molecule has 0 aliphatic carbocycles. The van der Waals surface area contributed by atoms with E-state index in [1.54, 1.807) is 17.0 Å². The molecule has 7 heteroatoms. The van der Waals surface area contributed by atoms with Crippen LogP contribution >= 0.6 is 0 Å². The van der Waals surface area contributed by atoms with Crippen LogP contribution in [0.3, 0.4) is 0 Å². The number of methoxy groups -OCH3 is 1. The molecular weight excluding hydrogens is 274 g/mol. The summed E-state index contributed by atoms with van der Waals surface area (Å²) in [6, 6.07) is 3.34. The quantitative estimate of drug-likeness (QED) is 0.861. The van der Waals surface area contributed by atoms with Gasteiger partial charge in [0.15, 0.2) is 0 Å². The fourth-order valence-corrected chi connectivity index (χ4v) is 2.33. The standard InChI is InChI=1S/C14H19N3O4/c1-21-12-4-3-11(9-15-12)14(20)17-6-2-5-16(7-8-17)10-13(18)19/h3-4,9H,2,5-8,10H2,1H3,(H,18,19). The number of hydrogen-bond donors (Lipinski definition) is 1. The predicted octanol–water partition coefficient (Wildman–Crippen LogP) is 0.323. The van der Waals surface area contributed by atoms with Crippen molar-refractivity contribution in [2.24, 2.45) is 0 Å². The molecule has 1 aromatic heterocycles. The first kappa shape index (κ1) is 15.2. The van der Waals surface area contributed by atoms with E-state index < -0.39 is 5.97 Å². The Morgan fingerprint density at radius 2 is 2.10 bits per heavy atom. The maximum absolute atomic E-state index is 12.4. The number of carboxylic acids is 1. The van der Waals surface area contributed by atoms with Crippen LogP contribution in [0.4, 0.5) is 0 Å². The molecule has 0 spiro atoms. The van der Waals surface area contributed by atoms with E-state index in [1.165, 1.54) is 13.3 Å². The maximum atomic E-state index is 12.4. The van der Waals surface area contributed by atoms with Crippen molar-refractivity contribution in [3.63, 3.8) is 0 Å². The first-order valence-electron chi connectivity index (χ1n) is 6.83. The molecule has 1 fully saturated rings. The van der Waals surface area contributed by atoms with Crippen molar-refractivity contribution in [3.05, 3.63) is 23.9 Å². The summed E-state index contributed by atoms with van der Waals surface area (Å²) in [7, 11) is 1.52. The molecule has 0 saturated carbocycles. The number of rotatable bonds is 4. The second kappa shape index (κ2) is 7.03. The van der Waals surface area contributed by atoms with Crippen molar-refractivity contribution in [2.75, 3.05) is 39.8 Å². The van der Waals surface area contributed by atoms with Gasteiger partial charge in [0.1, 0.15) is 0 Å². The average Bonchev–Trinajstić information content (AvgIpc) is 2.71. The summed E-state index contributed by atoms with van der Waals surface area (Å²) in [5.74, 6) is -0.452. The molecule has 1 aromatic rings. The summed E-state index contributed by atoms with van der Waals surface area (Å²) >= 11 is 0. The van der Waals surface area contributed by atoms with Crippen LogP contribution in [0, 0.1) is 0 Å². The Morgan fingerprint density at radius 1 is 1.29 bits per heavy atom. The van der Waals surface area contributed by atoms with Gasteiger partial charge in [-0.05, 0) is 12.5 Å². The van der Waals surface area contributed by atoms with Gasteiger partial charge in [0, 0.05) is 38.4 Å². The van der Waals surface area contributed by atoms with Gasteiger partial charge in [0.25, 0.3) is 5.91 Å². The molecule has 0 atom stereocenters. The van der Waals surface area contributed by atoms with Crippen molar-refractivity contribution in [1.82, 2.24) is 14.8 Å². The molecule has 7 nitrogen and oxygen atoms in total. The highest BCUT2D eigenvalue weighted by atomic mass is 16.5. The summed E-state index contributed by atoms with van der Waals surface area (Å²) < 4.78 is 4.97. The van der Waals surface area contributed by atoms with Crippen LogP contribution in [0.15, 0.2) is 18.3 Å². The minimum Gasteiger partial charge on any atom is -0.481 e. The number of aromatic nitrogens is 1. The minimum absolute atomic E-state index is 0.0200. The van der Waals surface area contributed by atoms with E-state index in [9.17, 15) is 9.59 Å². The van der Waals surface area contributed by atoms with Gasteiger partial charge in [-0.2, -0.15) is 0 Å². The van der Waals surface area contributed by atoms with Crippen molar-refractivity contribution in [3.8, 4) is 5.88 Å². The summed E-state index contributed by atoms with van der Waals surface area (Å²) in [6.07, 6.45) is 2.27. The van der Waals surface area contributed by atoms with E-state index in [2.05, 4.69) is 4.98 Å². The molecule has 1 N–H and O–H groups in total. The van der Waals surface area contributed by atoms with Gasteiger partial charge < -0.3 is 14.7 Å². The van der Waals surface area contributed by atoms with Gasteiger partial charge in [0.05, 0.1) is 19.2 Å². The lowest BCUT2D eigenvalue weighted by Gasteiger charge is -2.21. The second-order valence-corrected chi connectivity index (χ2v) is 4.90. The van der Waals surface area contributed by atoms with E-state index in [0.29, 0.717) is 37.6 Å². The number of ether oxygens (including phenoxy) is 1. The number of amides is 1. The Hall–Kier alpha value is -2.15. The van der Waals surface area contributed by atoms with Crippen molar-refractivity contribution < 1.29 is 19.4 Å². The summed E-state index contributed by atoms with van der Waals surface area (Å²) in [5, 5.41) is 8.82. The molecule has 0 aromatic carbocycles. The average molecular weight is 293 g/mol. The Balaban J connectivity index is 1.97. The monoisotopic (exact) mass is 293 g/mol. The van der Waals surface area contributed by atoms with Crippen LogP contribution in [0.25, 0.3) is 0 Å². The van der Waals surface area contributed by atoms with Gasteiger partial charge in [0.2, 0.25) is 5.88 Å². The van der Waals surface area contributed by atoms with Crippen LogP contribution in [-0.4, -0.2) is 71.6 Å². The lowest BCUT2D eigenvalue weighted by atomic mass is 10.2. The van der Waals surface area contributed by atoms with Gasteiger partial charge in [-0.1, -0.05) is 0 Å². The van der Waals surface area contributed by atoms with Crippen LogP contribution in [0.2, 0.25) is 0 Å². The molecule has 1 amide bonds. The lowest BCUT2D eigenvalue weighted by molar-refractivity contribution is -0.138. The molecule has 2 rings (SSSR count). The van der Waals surface area contributed by atoms with Crippen LogP contribution in [0.5, 0.6) is 5.88 Å². The predicted molar refractivity (Wildman–Crippen MR) is 75.4 cm³/mol. The van der Waals surface area contributed by atoms with Crippen LogP contribution in [0.1, 0.15) is 16.8 Å². The number of carbonyl (C=O) groups excluding carboxylic acids is 1. The normalized spacial score (nSPS) is 16.3. The van der Waals surface area contributed by atoms with Gasteiger partial charge >= 0.3 is 5.97 Å². The van der Waals surface area contributed by atoms with Gasteiger partial charge in [-0.25, -0.2) is 4.98 Å². The zero-order valence-electron chi connectivity index (χ0n) is 12.0. The molecule has 1 aliphatic heterocycles. The molecule has 21 heavy (non-hydrogen) atoms. The summed E-state index contributed by atoms with van der Waals surface area (Å²) in [4.78, 5) is 30.7. The first-order valence-corrected chi connectivity index (χ1v) is 6.83.